The highest BCUT2D eigenvalue weighted by molar-refractivity contribution is 5.82. The number of carboxylic acid groups (broad SMARTS) is 1. The van der Waals surface area contributed by atoms with E-state index in [0.29, 0.717) is 13.0 Å². The maximum Gasteiger partial charge on any atom is 0.326 e. The van der Waals surface area contributed by atoms with Crippen LogP contribution in [0.4, 0.5) is 4.79 Å². The first-order chi connectivity index (χ1) is 9.13. The fraction of sp³-hybridized carbons (Fsp3) is 0.286. The predicted molar refractivity (Wildman–Crippen MR) is 72.9 cm³/mol. The highest BCUT2D eigenvalue weighted by Crippen LogP contribution is 2.03. The van der Waals surface area contributed by atoms with Gasteiger partial charge in [0.1, 0.15) is 6.04 Å². The molecule has 0 aliphatic carbocycles. The van der Waals surface area contributed by atoms with Gasteiger partial charge >= 0.3 is 12.0 Å². The van der Waals surface area contributed by atoms with Crippen molar-refractivity contribution in [3.8, 4) is 0 Å². The Morgan fingerprint density at radius 3 is 2.58 bits per heavy atom. The number of nitrogens with one attached hydrogen (secondary N) is 2. The van der Waals surface area contributed by atoms with Crippen molar-refractivity contribution in [2.45, 2.75) is 18.9 Å². The number of carboxylic acids is 1. The summed E-state index contributed by atoms with van der Waals surface area (Å²) in [5.74, 6) is -1.05. The molecule has 0 saturated heterocycles. The van der Waals surface area contributed by atoms with Crippen LogP contribution in [0.3, 0.4) is 0 Å². The van der Waals surface area contributed by atoms with E-state index in [0.717, 1.165) is 5.56 Å². The molecular formula is C14H18N2O3. The molecule has 1 aromatic carbocycles. The van der Waals surface area contributed by atoms with E-state index in [9.17, 15) is 9.59 Å². The summed E-state index contributed by atoms with van der Waals surface area (Å²) < 4.78 is 0. The minimum atomic E-state index is -1.05. The summed E-state index contributed by atoms with van der Waals surface area (Å²) in [6.45, 7) is 3.97. The van der Waals surface area contributed by atoms with Crippen molar-refractivity contribution in [1.29, 1.82) is 0 Å². The number of carbonyl (C=O) groups excluding carboxylic acids is 1. The van der Waals surface area contributed by atoms with Gasteiger partial charge in [0.25, 0.3) is 0 Å². The molecule has 0 heterocycles. The van der Waals surface area contributed by atoms with E-state index in [1.54, 1.807) is 6.08 Å². The largest absolute Gasteiger partial charge is 0.480 e. The minimum Gasteiger partial charge on any atom is -0.480 e. The normalized spacial score (nSPS) is 11.4. The van der Waals surface area contributed by atoms with Crippen LogP contribution in [0.25, 0.3) is 0 Å². The second-order valence-electron chi connectivity index (χ2n) is 4.06. The van der Waals surface area contributed by atoms with E-state index in [1.807, 2.05) is 30.3 Å². The SMILES string of the molecule is C=CCCNC(=O)N[C@H](Cc1ccccc1)C(=O)O. The van der Waals surface area contributed by atoms with Gasteiger partial charge in [0.2, 0.25) is 0 Å². The molecule has 0 bridgehead atoms. The lowest BCUT2D eigenvalue weighted by Gasteiger charge is -2.15. The fourth-order valence-electron chi connectivity index (χ4n) is 1.55. The van der Waals surface area contributed by atoms with E-state index in [4.69, 9.17) is 5.11 Å². The van der Waals surface area contributed by atoms with E-state index in [2.05, 4.69) is 17.2 Å². The highest BCUT2D eigenvalue weighted by atomic mass is 16.4. The van der Waals surface area contributed by atoms with Crippen LogP contribution in [-0.2, 0) is 11.2 Å². The summed E-state index contributed by atoms with van der Waals surface area (Å²) in [5.41, 5.74) is 0.862. The van der Waals surface area contributed by atoms with Gasteiger partial charge in [0.15, 0.2) is 0 Å². The number of benzene rings is 1. The van der Waals surface area contributed by atoms with Crippen LogP contribution in [0.2, 0.25) is 0 Å². The van der Waals surface area contributed by atoms with Gasteiger partial charge in [-0.1, -0.05) is 36.4 Å². The Bertz CT molecular complexity index is 432. The van der Waals surface area contributed by atoms with Gasteiger partial charge in [-0.2, -0.15) is 0 Å². The summed E-state index contributed by atoms with van der Waals surface area (Å²) in [4.78, 5) is 22.6. The summed E-state index contributed by atoms with van der Waals surface area (Å²) in [7, 11) is 0. The summed E-state index contributed by atoms with van der Waals surface area (Å²) in [5, 5.41) is 14.1. The Morgan fingerprint density at radius 2 is 2.00 bits per heavy atom. The van der Waals surface area contributed by atoms with E-state index in [-0.39, 0.29) is 6.42 Å². The maximum atomic E-state index is 11.5. The first-order valence-corrected chi connectivity index (χ1v) is 6.05. The zero-order valence-corrected chi connectivity index (χ0v) is 10.6. The van der Waals surface area contributed by atoms with Crippen molar-refractivity contribution in [2.24, 2.45) is 0 Å². The van der Waals surface area contributed by atoms with Gasteiger partial charge in [-0.05, 0) is 12.0 Å². The molecule has 19 heavy (non-hydrogen) atoms. The van der Waals surface area contributed by atoms with E-state index < -0.39 is 18.0 Å². The lowest BCUT2D eigenvalue weighted by Crippen LogP contribution is -2.47. The summed E-state index contributed by atoms with van der Waals surface area (Å²) >= 11 is 0. The van der Waals surface area contributed by atoms with Crippen LogP contribution in [0, 0.1) is 0 Å². The zero-order chi connectivity index (χ0) is 14.1. The highest BCUT2D eigenvalue weighted by Gasteiger charge is 2.19. The Hall–Kier alpha value is -2.30. The Labute approximate surface area is 112 Å². The first-order valence-electron chi connectivity index (χ1n) is 6.05. The predicted octanol–water partition coefficient (Wildman–Crippen LogP) is 1.56. The van der Waals surface area contributed by atoms with Gasteiger partial charge in [0, 0.05) is 13.0 Å². The summed E-state index contributed by atoms with van der Waals surface area (Å²) in [6.07, 6.45) is 2.58. The quantitative estimate of drug-likeness (QED) is 0.515. The average molecular weight is 262 g/mol. The van der Waals surface area contributed by atoms with Crippen LogP contribution in [0.5, 0.6) is 0 Å². The van der Waals surface area contributed by atoms with Crippen molar-refractivity contribution >= 4 is 12.0 Å². The molecule has 0 aliphatic heterocycles. The fourth-order valence-corrected chi connectivity index (χ4v) is 1.55. The minimum absolute atomic E-state index is 0.255. The van der Waals surface area contributed by atoms with Crippen LogP contribution >= 0.6 is 0 Å². The third-order valence-corrected chi connectivity index (χ3v) is 2.52. The molecule has 0 fully saturated rings. The van der Waals surface area contributed by atoms with Gasteiger partial charge in [-0.15, -0.1) is 6.58 Å². The molecule has 0 radical (unpaired) electrons. The molecule has 0 aliphatic rings. The number of urea groups is 1. The molecular weight excluding hydrogens is 244 g/mol. The molecule has 1 rings (SSSR count). The third-order valence-electron chi connectivity index (χ3n) is 2.52. The van der Waals surface area contributed by atoms with Gasteiger partial charge in [-0.25, -0.2) is 9.59 Å². The number of hydrogen-bond acceptors (Lipinski definition) is 2. The third kappa shape index (κ3) is 5.72. The molecule has 0 unspecified atom stereocenters. The summed E-state index contributed by atoms with van der Waals surface area (Å²) in [6, 6.07) is 7.75. The first kappa shape index (κ1) is 14.8. The molecule has 2 amide bonds. The lowest BCUT2D eigenvalue weighted by atomic mass is 10.1. The van der Waals surface area contributed by atoms with Crippen molar-refractivity contribution < 1.29 is 14.7 Å². The van der Waals surface area contributed by atoms with Crippen LogP contribution in [0.1, 0.15) is 12.0 Å². The average Bonchev–Trinajstić information content (AvgIpc) is 2.39. The smallest absolute Gasteiger partial charge is 0.326 e. The second-order valence-corrected chi connectivity index (χ2v) is 4.06. The topological polar surface area (TPSA) is 78.4 Å². The molecule has 1 aromatic rings. The van der Waals surface area contributed by atoms with Gasteiger partial charge < -0.3 is 15.7 Å². The number of carbonyl (C=O) groups is 2. The molecule has 1 atom stereocenters. The van der Waals surface area contributed by atoms with Gasteiger partial charge in [0.05, 0.1) is 0 Å². The number of rotatable bonds is 7. The monoisotopic (exact) mass is 262 g/mol. The molecule has 5 nitrogen and oxygen atoms in total. The van der Waals surface area contributed by atoms with E-state index in [1.165, 1.54) is 0 Å². The van der Waals surface area contributed by atoms with Gasteiger partial charge in [-0.3, -0.25) is 0 Å². The van der Waals surface area contributed by atoms with Crippen molar-refractivity contribution in [1.82, 2.24) is 10.6 Å². The van der Waals surface area contributed by atoms with Crippen LogP contribution in [0.15, 0.2) is 43.0 Å². The Morgan fingerprint density at radius 1 is 1.32 bits per heavy atom. The van der Waals surface area contributed by atoms with Crippen LogP contribution < -0.4 is 10.6 Å². The Kier molecular flexibility index (Phi) is 6.15. The van der Waals surface area contributed by atoms with Crippen molar-refractivity contribution in [3.63, 3.8) is 0 Å². The van der Waals surface area contributed by atoms with E-state index >= 15 is 0 Å². The molecule has 0 spiro atoms. The standard InChI is InChI=1S/C14H18N2O3/c1-2-3-9-15-14(19)16-12(13(17)18)10-11-7-5-4-6-8-11/h2,4-8,12H,1,3,9-10H2,(H,17,18)(H2,15,16,19)/t12-/m1/s1. The number of aliphatic carboxylic acids is 1. The lowest BCUT2D eigenvalue weighted by molar-refractivity contribution is -0.139. The molecule has 0 saturated carbocycles. The Balaban J connectivity index is 2.51. The molecule has 5 heteroatoms. The molecule has 0 aromatic heterocycles. The molecule has 102 valence electrons. The number of hydrogen-bond donors (Lipinski definition) is 3. The zero-order valence-electron chi connectivity index (χ0n) is 10.6. The van der Waals surface area contributed by atoms with Crippen molar-refractivity contribution in [3.05, 3.63) is 48.6 Å². The van der Waals surface area contributed by atoms with Crippen LogP contribution in [-0.4, -0.2) is 29.7 Å². The molecule has 3 N–H and O–H groups in total. The second kappa shape index (κ2) is 7.92. The van der Waals surface area contributed by atoms with Crippen molar-refractivity contribution in [2.75, 3.05) is 6.54 Å². The number of amides is 2. The maximum absolute atomic E-state index is 11.5.